The number of Topliss-reactive ketones (excluding diaryl/α,β-unsaturated/α-hetero) is 1. The summed E-state index contributed by atoms with van der Waals surface area (Å²) in [6.45, 7) is 2.06. The van der Waals surface area contributed by atoms with Gasteiger partial charge >= 0.3 is 0 Å². The van der Waals surface area contributed by atoms with Crippen molar-refractivity contribution in [2.45, 2.75) is 32.6 Å². The van der Waals surface area contributed by atoms with Crippen LogP contribution >= 0.6 is 0 Å². The van der Waals surface area contributed by atoms with Gasteiger partial charge in [-0.1, -0.05) is 19.3 Å². The lowest BCUT2D eigenvalue weighted by Gasteiger charge is -1.83. The van der Waals surface area contributed by atoms with Crippen LogP contribution < -0.4 is 0 Å². The number of unbranched alkanes of at least 4 members (excludes halogenated alkanes) is 2. The molecule has 0 saturated carbocycles. The average molecular weight is 152 g/mol. The van der Waals surface area contributed by atoms with Crippen molar-refractivity contribution in [3.05, 3.63) is 0 Å². The third-order valence-electron chi connectivity index (χ3n) is 1.15. The highest BCUT2D eigenvalue weighted by Gasteiger charge is 1.91. The minimum Gasteiger partial charge on any atom is -0.303 e. The van der Waals surface area contributed by atoms with Crippen molar-refractivity contribution in [2.24, 2.45) is 0 Å². The first-order chi connectivity index (χ1) is 5.31. The summed E-state index contributed by atoms with van der Waals surface area (Å²) in [5.74, 6) is 4.83. The summed E-state index contributed by atoms with van der Waals surface area (Å²) in [7, 11) is 0. The molecule has 0 fully saturated rings. The van der Waals surface area contributed by atoms with E-state index in [0.29, 0.717) is 6.29 Å². The molecule has 0 unspecified atom stereocenters. The molecule has 0 rings (SSSR count). The first-order valence-corrected chi connectivity index (χ1v) is 3.76. The van der Waals surface area contributed by atoms with Gasteiger partial charge < -0.3 is 4.79 Å². The van der Waals surface area contributed by atoms with Crippen molar-refractivity contribution in [3.63, 3.8) is 0 Å². The van der Waals surface area contributed by atoms with E-state index in [4.69, 9.17) is 0 Å². The van der Waals surface area contributed by atoms with E-state index >= 15 is 0 Å². The minimum atomic E-state index is -0.281. The molecule has 0 aromatic rings. The fourth-order valence-corrected chi connectivity index (χ4v) is 0.553. The SMILES string of the molecule is CCCCC#CC(=O)CC=O. The maximum Gasteiger partial charge on any atom is 0.212 e. The van der Waals surface area contributed by atoms with Crippen LogP contribution in [0.25, 0.3) is 0 Å². The number of rotatable bonds is 4. The first kappa shape index (κ1) is 9.90. The molecule has 0 aliphatic carbocycles. The third kappa shape index (κ3) is 6.79. The molecule has 0 aliphatic rings. The van der Waals surface area contributed by atoms with Gasteiger partial charge in [0.2, 0.25) is 5.78 Å². The van der Waals surface area contributed by atoms with Crippen molar-refractivity contribution < 1.29 is 9.59 Å². The van der Waals surface area contributed by atoms with Crippen molar-refractivity contribution >= 4 is 12.1 Å². The van der Waals surface area contributed by atoms with Crippen LogP contribution in [0.5, 0.6) is 0 Å². The molecule has 0 bridgehead atoms. The molecule has 0 N–H and O–H groups in total. The zero-order valence-corrected chi connectivity index (χ0v) is 6.72. The first-order valence-electron chi connectivity index (χ1n) is 3.76. The van der Waals surface area contributed by atoms with Crippen LogP contribution in [0.1, 0.15) is 32.6 Å². The molecule has 0 saturated heterocycles. The topological polar surface area (TPSA) is 34.1 Å². The van der Waals surface area contributed by atoms with E-state index in [0.717, 1.165) is 19.3 Å². The molecule has 0 aliphatic heterocycles. The summed E-state index contributed by atoms with van der Waals surface area (Å²) in [6, 6.07) is 0. The Bertz CT molecular complexity index is 183. The monoisotopic (exact) mass is 152 g/mol. The van der Waals surface area contributed by atoms with Crippen LogP contribution in [0.4, 0.5) is 0 Å². The van der Waals surface area contributed by atoms with E-state index in [9.17, 15) is 9.59 Å². The van der Waals surface area contributed by atoms with Crippen molar-refractivity contribution in [2.75, 3.05) is 0 Å². The van der Waals surface area contributed by atoms with Gasteiger partial charge in [0.15, 0.2) is 0 Å². The average Bonchev–Trinajstić information content (AvgIpc) is 1.99. The Morgan fingerprint density at radius 2 is 2.27 bits per heavy atom. The molecule has 2 heteroatoms. The number of hydrogen-bond acceptors (Lipinski definition) is 2. The van der Waals surface area contributed by atoms with E-state index in [2.05, 4.69) is 18.8 Å². The maximum absolute atomic E-state index is 10.6. The number of hydrogen-bond donors (Lipinski definition) is 0. The summed E-state index contributed by atoms with van der Waals surface area (Å²) in [5, 5.41) is 0. The molecular formula is C9H12O2. The molecule has 0 heterocycles. The molecule has 0 spiro atoms. The van der Waals surface area contributed by atoms with E-state index in [-0.39, 0.29) is 12.2 Å². The summed E-state index contributed by atoms with van der Waals surface area (Å²) < 4.78 is 0. The van der Waals surface area contributed by atoms with E-state index in [1.807, 2.05) is 0 Å². The Labute approximate surface area is 67.0 Å². The zero-order valence-electron chi connectivity index (χ0n) is 6.72. The predicted molar refractivity (Wildman–Crippen MR) is 43.0 cm³/mol. The standard InChI is InChI=1S/C9H12O2/c1-2-3-4-5-6-9(11)7-8-10/h8H,2-4,7H2,1H3. The highest BCUT2D eigenvalue weighted by Crippen LogP contribution is 1.90. The smallest absolute Gasteiger partial charge is 0.212 e. The van der Waals surface area contributed by atoms with Crippen molar-refractivity contribution in [1.29, 1.82) is 0 Å². The molecule has 0 radical (unpaired) electrons. The van der Waals surface area contributed by atoms with Crippen LogP contribution in [-0.2, 0) is 9.59 Å². The van der Waals surface area contributed by atoms with Gasteiger partial charge in [0.1, 0.15) is 6.29 Å². The summed E-state index contributed by atoms with van der Waals surface area (Å²) in [6.07, 6.45) is 3.36. The third-order valence-corrected chi connectivity index (χ3v) is 1.15. The van der Waals surface area contributed by atoms with Crippen molar-refractivity contribution in [1.82, 2.24) is 0 Å². The molecule has 0 atom stereocenters. The lowest BCUT2D eigenvalue weighted by Crippen LogP contribution is -1.92. The number of carbonyl (C=O) groups is 2. The second-order valence-electron chi connectivity index (χ2n) is 2.20. The normalized spacial score (nSPS) is 8.09. The Morgan fingerprint density at radius 3 is 2.82 bits per heavy atom. The van der Waals surface area contributed by atoms with Crippen molar-refractivity contribution in [3.8, 4) is 11.8 Å². The Morgan fingerprint density at radius 1 is 1.55 bits per heavy atom. The summed E-state index contributed by atoms with van der Waals surface area (Å²) in [4.78, 5) is 20.4. The highest BCUT2D eigenvalue weighted by atomic mass is 16.1. The molecule has 2 nitrogen and oxygen atoms in total. The van der Waals surface area contributed by atoms with Crippen LogP contribution in [-0.4, -0.2) is 12.1 Å². The molecule has 60 valence electrons. The van der Waals surface area contributed by atoms with Crippen LogP contribution in [0, 0.1) is 11.8 Å². The molecule has 0 aromatic carbocycles. The fraction of sp³-hybridized carbons (Fsp3) is 0.556. The van der Waals surface area contributed by atoms with Gasteiger partial charge in [-0.25, -0.2) is 0 Å². The Balaban J connectivity index is 3.51. The molecule has 0 amide bonds. The van der Waals surface area contributed by atoms with E-state index < -0.39 is 0 Å². The minimum absolute atomic E-state index is 0.0703. The number of ketones is 1. The number of carbonyl (C=O) groups excluding carboxylic acids is 2. The predicted octanol–water partition coefficient (Wildman–Crippen LogP) is 1.34. The lowest BCUT2D eigenvalue weighted by molar-refractivity contribution is -0.118. The Kier molecular flexibility index (Phi) is 6.31. The number of aldehydes is 1. The van der Waals surface area contributed by atoms with Gasteiger partial charge in [-0.05, 0) is 12.3 Å². The largest absolute Gasteiger partial charge is 0.303 e. The van der Waals surface area contributed by atoms with Gasteiger partial charge in [-0.2, -0.15) is 0 Å². The van der Waals surface area contributed by atoms with Crippen LogP contribution in [0.2, 0.25) is 0 Å². The van der Waals surface area contributed by atoms with Gasteiger partial charge in [0.25, 0.3) is 0 Å². The summed E-state index contributed by atoms with van der Waals surface area (Å²) in [5.41, 5.74) is 0. The van der Waals surface area contributed by atoms with Crippen LogP contribution in [0.3, 0.4) is 0 Å². The lowest BCUT2D eigenvalue weighted by atomic mass is 10.2. The highest BCUT2D eigenvalue weighted by molar-refractivity contribution is 6.02. The molecular weight excluding hydrogens is 140 g/mol. The molecule has 11 heavy (non-hydrogen) atoms. The van der Waals surface area contributed by atoms with Gasteiger partial charge in [-0.3, -0.25) is 4.79 Å². The quantitative estimate of drug-likeness (QED) is 0.200. The van der Waals surface area contributed by atoms with E-state index in [1.54, 1.807) is 0 Å². The fourth-order valence-electron chi connectivity index (χ4n) is 0.553. The van der Waals surface area contributed by atoms with Crippen LogP contribution in [0.15, 0.2) is 0 Å². The Hall–Kier alpha value is -1.10. The summed E-state index contributed by atoms with van der Waals surface area (Å²) >= 11 is 0. The van der Waals surface area contributed by atoms with Gasteiger partial charge in [0, 0.05) is 6.42 Å². The second kappa shape index (κ2) is 7.01. The van der Waals surface area contributed by atoms with Gasteiger partial charge in [-0.15, -0.1) is 0 Å². The molecule has 0 aromatic heterocycles. The maximum atomic E-state index is 10.6. The van der Waals surface area contributed by atoms with Gasteiger partial charge in [0.05, 0.1) is 6.42 Å². The second-order valence-corrected chi connectivity index (χ2v) is 2.20. The van der Waals surface area contributed by atoms with E-state index in [1.165, 1.54) is 0 Å². The zero-order chi connectivity index (χ0) is 8.53.